The van der Waals surface area contributed by atoms with E-state index in [1.807, 2.05) is 0 Å². The molecule has 0 radical (unpaired) electrons. The summed E-state index contributed by atoms with van der Waals surface area (Å²) in [6.45, 7) is 6.54. The number of methoxy groups -OCH3 is 1. The number of carbonyl (C=O) groups is 1. The van der Waals surface area contributed by atoms with Gasteiger partial charge in [0.05, 0.1) is 7.11 Å². The van der Waals surface area contributed by atoms with Crippen molar-refractivity contribution in [1.82, 2.24) is 9.88 Å². The monoisotopic (exact) mass is 407 g/mol. The molecule has 1 aromatic carbocycles. The van der Waals surface area contributed by atoms with Crippen molar-refractivity contribution >= 4 is 11.8 Å². The first-order valence-electron chi connectivity index (χ1n) is 10.8. The second-order valence-corrected chi connectivity index (χ2v) is 8.93. The molecule has 1 aliphatic carbocycles. The van der Waals surface area contributed by atoms with Crippen molar-refractivity contribution in [3.63, 3.8) is 0 Å². The quantitative estimate of drug-likeness (QED) is 0.785. The molecule has 3 fully saturated rings. The summed E-state index contributed by atoms with van der Waals surface area (Å²) in [5, 5.41) is 0. The number of ether oxygens (including phenoxy) is 2. The van der Waals surface area contributed by atoms with Crippen molar-refractivity contribution in [2.75, 3.05) is 39.1 Å². The Bertz CT molecular complexity index is 955. The molecule has 158 valence electrons. The summed E-state index contributed by atoms with van der Waals surface area (Å²) in [6, 6.07) is 11.2. The summed E-state index contributed by atoms with van der Waals surface area (Å²) in [5.74, 6) is 1.19. The number of benzene rings is 1. The highest BCUT2D eigenvalue weighted by molar-refractivity contribution is 5.95. The van der Waals surface area contributed by atoms with Gasteiger partial charge in [0.15, 0.2) is 0 Å². The summed E-state index contributed by atoms with van der Waals surface area (Å²) in [4.78, 5) is 18.8. The zero-order valence-electron chi connectivity index (χ0n) is 17.6. The summed E-state index contributed by atoms with van der Waals surface area (Å²) in [5.41, 5.74) is 9.74. The van der Waals surface area contributed by atoms with Crippen LogP contribution in [0.1, 0.15) is 35.7 Å². The van der Waals surface area contributed by atoms with Crippen molar-refractivity contribution in [2.45, 2.75) is 31.2 Å². The maximum absolute atomic E-state index is 11.9. The van der Waals surface area contributed by atoms with Crippen molar-refractivity contribution in [3.05, 3.63) is 47.7 Å². The Kier molecular flexibility index (Phi) is 4.79. The van der Waals surface area contributed by atoms with Crippen LogP contribution in [0.5, 0.6) is 0 Å². The summed E-state index contributed by atoms with van der Waals surface area (Å²) in [6.07, 6.45) is 4.02. The molecule has 0 bridgehead atoms. The smallest absolute Gasteiger partial charge is 0.341 e. The zero-order valence-corrected chi connectivity index (χ0v) is 17.6. The van der Waals surface area contributed by atoms with E-state index in [9.17, 15) is 4.79 Å². The van der Waals surface area contributed by atoms with Gasteiger partial charge in [0.2, 0.25) is 0 Å². The van der Waals surface area contributed by atoms with Gasteiger partial charge < -0.3 is 15.2 Å². The molecule has 2 aromatic rings. The molecule has 6 nitrogen and oxygen atoms in total. The fourth-order valence-corrected chi connectivity index (χ4v) is 5.74. The minimum absolute atomic E-state index is 0.190. The van der Waals surface area contributed by atoms with Crippen LogP contribution >= 0.6 is 0 Å². The Balaban J connectivity index is 1.37. The number of hydrogen-bond donors (Lipinski definition) is 1. The van der Waals surface area contributed by atoms with E-state index in [1.54, 1.807) is 12.3 Å². The number of esters is 1. The van der Waals surface area contributed by atoms with E-state index in [0.717, 1.165) is 55.6 Å². The van der Waals surface area contributed by atoms with Crippen LogP contribution in [0.15, 0.2) is 36.5 Å². The third-order valence-corrected chi connectivity index (χ3v) is 7.65. The minimum Gasteiger partial charge on any atom is -0.465 e. The summed E-state index contributed by atoms with van der Waals surface area (Å²) < 4.78 is 10.4. The lowest BCUT2D eigenvalue weighted by atomic mass is 9.91. The molecular weight excluding hydrogens is 378 g/mol. The van der Waals surface area contributed by atoms with Gasteiger partial charge in [-0.05, 0) is 41.9 Å². The highest BCUT2D eigenvalue weighted by atomic mass is 16.5. The van der Waals surface area contributed by atoms with E-state index in [2.05, 4.69) is 41.1 Å². The van der Waals surface area contributed by atoms with E-state index in [4.69, 9.17) is 15.2 Å². The molecule has 3 aliphatic rings. The molecule has 2 saturated heterocycles. The fraction of sp³-hybridized carbons (Fsp3) is 0.500. The number of hydrogen-bond acceptors (Lipinski definition) is 6. The van der Waals surface area contributed by atoms with Gasteiger partial charge in [-0.3, -0.25) is 4.90 Å². The molecule has 30 heavy (non-hydrogen) atoms. The molecule has 0 amide bonds. The first kappa shape index (κ1) is 19.5. The lowest BCUT2D eigenvalue weighted by Crippen LogP contribution is -2.41. The minimum atomic E-state index is -0.467. The van der Waals surface area contributed by atoms with Gasteiger partial charge in [0.1, 0.15) is 11.4 Å². The van der Waals surface area contributed by atoms with Crippen LogP contribution in [0.2, 0.25) is 0 Å². The maximum Gasteiger partial charge on any atom is 0.341 e. The normalized spacial score (nSPS) is 28.9. The molecule has 2 unspecified atom stereocenters. The second kappa shape index (κ2) is 7.36. The standard InChI is InChI=1S/C24H29N3O3/c1-15-21-13-27(19-7-9-30-10-8-19)14-24(15,21)18-5-3-16(4-6-18)17-11-20(23(28)29-2)22(25)26-12-17/h3-6,11-12,15,19,21H,7-10,13-14H2,1-2H3,(H2,25,26)/t15?,21?,24-/m1/s1. The predicted molar refractivity (Wildman–Crippen MR) is 115 cm³/mol. The van der Waals surface area contributed by atoms with E-state index < -0.39 is 5.97 Å². The number of nitrogens with zero attached hydrogens (tertiary/aromatic N) is 2. The fourth-order valence-electron chi connectivity index (χ4n) is 5.74. The van der Waals surface area contributed by atoms with E-state index in [1.165, 1.54) is 19.2 Å². The highest BCUT2D eigenvalue weighted by Crippen LogP contribution is 2.64. The number of likely N-dealkylation sites (tertiary alicyclic amines) is 1. The van der Waals surface area contributed by atoms with Crippen molar-refractivity contribution < 1.29 is 14.3 Å². The Morgan fingerprint density at radius 3 is 2.67 bits per heavy atom. The molecule has 3 heterocycles. The Morgan fingerprint density at radius 2 is 1.97 bits per heavy atom. The van der Waals surface area contributed by atoms with Gasteiger partial charge in [-0.2, -0.15) is 0 Å². The molecule has 1 aromatic heterocycles. The Hall–Kier alpha value is -2.44. The van der Waals surface area contributed by atoms with Gasteiger partial charge in [-0.25, -0.2) is 9.78 Å². The van der Waals surface area contributed by atoms with Gasteiger partial charge in [-0.1, -0.05) is 31.2 Å². The number of pyridine rings is 1. The van der Waals surface area contributed by atoms with Crippen LogP contribution in [0.3, 0.4) is 0 Å². The van der Waals surface area contributed by atoms with Gasteiger partial charge >= 0.3 is 5.97 Å². The second-order valence-electron chi connectivity index (χ2n) is 8.93. The van der Waals surface area contributed by atoms with E-state index in [-0.39, 0.29) is 11.2 Å². The summed E-state index contributed by atoms with van der Waals surface area (Å²) >= 11 is 0. The molecule has 2 aliphatic heterocycles. The average molecular weight is 408 g/mol. The molecular formula is C24H29N3O3. The largest absolute Gasteiger partial charge is 0.465 e. The number of fused-ring (bicyclic) bond motifs is 1. The number of nitrogens with two attached hydrogens (primary N) is 1. The van der Waals surface area contributed by atoms with E-state index >= 15 is 0 Å². The number of nitrogen functional groups attached to an aromatic ring is 1. The van der Waals surface area contributed by atoms with Crippen molar-refractivity contribution in [1.29, 1.82) is 0 Å². The van der Waals surface area contributed by atoms with E-state index in [0.29, 0.717) is 11.6 Å². The van der Waals surface area contributed by atoms with Crippen LogP contribution < -0.4 is 5.73 Å². The zero-order chi connectivity index (χ0) is 20.9. The van der Waals surface area contributed by atoms with Gasteiger partial charge in [0.25, 0.3) is 0 Å². The van der Waals surface area contributed by atoms with Gasteiger partial charge in [-0.15, -0.1) is 0 Å². The first-order chi connectivity index (χ1) is 14.5. The van der Waals surface area contributed by atoms with Crippen molar-refractivity contribution in [2.24, 2.45) is 11.8 Å². The Morgan fingerprint density at radius 1 is 1.23 bits per heavy atom. The number of carbonyl (C=O) groups excluding carboxylic acids is 1. The topological polar surface area (TPSA) is 77.7 Å². The molecule has 0 spiro atoms. The highest BCUT2D eigenvalue weighted by Gasteiger charge is 2.67. The summed E-state index contributed by atoms with van der Waals surface area (Å²) in [7, 11) is 1.35. The number of piperidine rings is 1. The number of aromatic nitrogens is 1. The Labute approximate surface area is 177 Å². The predicted octanol–water partition coefficient (Wildman–Crippen LogP) is 3.12. The molecule has 3 atom stereocenters. The number of rotatable bonds is 4. The lowest BCUT2D eigenvalue weighted by molar-refractivity contribution is 0.0363. The molecule has 5 rings (SSSR count). The molecule has 1 saturated carbocycles. The lowest BCUT2D eigenvalue weighted by Gasteiger charge is -2.34. The third kappa shape index (κ3) is 3.01. The molecule has 6 heteroatoms. The first-order valence-corrected chi connectivity index (χ1v) is 10.8. The van der Waals surface area contributed by atoms with Crippen LogP contribution in [-0.2, 0) is 14.9 Å². The SMILES string of the molecule is COC(=O)c1cc(-c2ccc([C@]34CN(C5CCOCC5)CC3C4C)cc2)cnc1N. The third-order valence-electron chi connectivity index (χ3n) is 7.65. The van der Waals surface area contributed by atoms with Crippen LogP contribution in [0.4, 0.5) is 5.82 Å². The van der Waals surface area contributed by atoms with Crippen LogP contribution in [-0.4, -0.2) is 55.3 Å². The maximum atomic E-state index is 11.9. The number of anilines is 1. The van der Waals surface area contributed by atoms with Crippen LogP contribution in [0.25, 0.3) is 11.1 Å². The molecule has 2 N–H and O–H groups in total. The van der Waals surface area contributed by atoms with Gasteiger partial charge in [0, 0.05) is 49.5 Å². The average Bonchev–Trinajstić information content (AvgIpc) is 3.15. The van der Waals surface area contributed by atoms with Crippen LogP contribution in [0, 0.1) is 11.8 Å². The van der Waals surface area contributed by atoms with Crippen molar-refractivity contribution in [3.8, 4) is 11.1 Å².